The third kappa shape index (κ3) is 5.38. The molecule has 162 valence electrons. The maximum atomic E-state index is 12.9. The van der Waals surface area contributed by atoms with Crippen LogP contribution in [0, 0.1) is 0 Å². The number of rotatable bonds is 6. The van der Waals surface area contributed by atoms with Gasteiger partial charge in [-0.15, -0.1) is 0 Å². The summed E-state index contributed by atoms with van der Waals surface area (Å²) < 4.78 is 6.89. The van der Waals surface area contributed by atoms with Crippen molar-refractivity contribution in [1.82, 2.24) is 4.90 Å². The minimum Gasteiger partial charge on any atom is -0.488 e. The highest BCUT2D eigenvalue weighted by Crippen LogP contribution is 2.35. The first-order valence-corrected chi connectivity index (χ1v) is 11.9. The number of benzene rings is 3. The summed E-state index contributed by atoms with van der Waals surface area (Å²) in [6.45, 7) is 0.467. The summed E-state index contributed by atoms with van der Waals surface area (Å²) in [5.41, 5.74) is 2.37. The van der Waals surface area contributed by atoms with E-state index >= 15 is 0 Å². The standard InChI is InChI=1S/C24H16BrCl2NO3S/c25-18-8-5-15(6-9-18)13-28-23(29)22(32-24(28)30)11-16-3-1-2-4-21(16)31-14-17-7-10-19(26)12-20(17)27/h1-12H,13-14H2/b22-11-. The molecule has 0 saturated carbocycles. The summed E-state index contributed by atoms with van der Waals surface area (Å²) in [6.07, 6.45) is 1.69. The minimum atomic E-state index is -0.321. The number of hydrogen-bond acceptors (Lipinski definition) is 4. The van der Waals surface area contributed by atoms with E-state index < -0.39 is 0 Å². The van der Waals surface area contributed by atoms with Crippen LogP contribution in [0.2, 0.25) is 10.0 Å². The van der Waals surface area contributed by atoms with Gasteiger partial charge in [0.05, 0.1) is 11.4 Å². The number of imide groups is 1. The quantitative estimate of drug-likeness (QED) is 0.298. The van der Waals surface area contributed by atoms with E-state index in [-0.39, 0.29) is 24.3 Å². The van der Waals surface area contributed by atoms with Gasteiger partial charge in [-0.1, -0.05) is 75.5 Å². The second-order valence-corrected chi connectivity index (χ2v) is 9.71. The molecular formula is C24H16BrCl2NO3S. The molecule has 0 N–H and O–H groups in total. The van der Waals surface area contributed by atoms with Crippen LogP contribution >= 0.6 is 50.9 Å². The number of thioether (sulfide) groups is 1. The molecule has 0 bridgehead atoms. The summed E-state index contributed by atoms with van der Waals surface area (Å²) in [5.74, 6) is 0.261. The summed E-state index contributed by atoms with van der Waals surface area (Å²) in [4.78, 5) is 27.0. The summed E-state index contributed by atoms with van der Waals surface area (Å²) >= 11 is 16.5. The van der Waals surface area contributed by atoms with E-state index in [1.165, 1.54) is 4.90 Å². The third-order valence-electron chi connectivity index (χ3n) is 4.73. The molecule has 4 rings (SSSR count). The zero-order valence-electron chi connectivity index (χ0n) is 16.6. The van der Waals surface area contributed by atoms with Crippen molar-refractivity contribution in [2.45, 2.75) is 13.2 Å². The smallest absolute Gasteiger partial charge is 0.293 e. The van der Waals surface area contributed by atoms with E-state index in [4.69, 9.17) is 27.9 Å². The Morgan fingerprint density at radius 2 is 1.75 bits per heavy atom. The lowest BCUT2D eigenvalue weighted by atomic mass is 10.1. The fraction of sp³-hybridized carbons (Fsp3) is 0.0833. The minimum absolute atomic E-state index is 0.225. The monoisotopic (exact) mass is 547 g/mol. The van der Waals surface area contributed by atoms with Crippen molar-refractivity contribution in [3.8, 4) is 5.75 Å². The molecule has 0 atom stereocenters. The van der Waals surface area contributed by atoms with Crippen molar-refractivity contribution >= 4 is 68.1 Å². The van der Waals surface area contributed by atoms with Crippen molar-refractivity contribution in [2.24, 2.45) is 0 Å². The summed E-state index contributed by atoms with van der Waals surface area (Å²) in [7, 11) is 0. The Morgan fingerprint density at radius 3 is 2.50 bits per heavy atom. The molecule has 0 aliphatic carbocycles. The molecule has 0 spiro atoms. The van der Waals surface area contributed by atoms with Gasteiger partial charge in [0.2, 0.25) is 0 Å². The molecule has 8 heteroatoms. The fourth-order valence-electron chi connectivity index (χ4n) is 3.08. The molecule has 1 aliphatic rings. The highest BCUT2D eigenvalue weighted by molar-refractivity contribution is 9.10. The highest BCUT2D eigenvalue weighted by atomic mass is 79.9. The number of ether oxygens (including phenoxy) is 1. The number of halogens is 3. The summed E-state index contributed by atoms with van der Waals surface area (Å²) in [6, 6.07) is 20.1. The van der Waals surface area contributed by atoms with Crippen molar-refractivity contribution in [3.05, 3.63) is 103 Å². The third-order valence-corrected chi connectivity index (χ3v) is 6.75. The fourth-order valence-corrected chi connectivity index (χ4v) is 4.63. The van der Waals surface area contributed by atoms with Crippen LogP contribution in [-0.2, 0) is 17.9 Å². The van der Waals surface area contributed by atoms with Gasteiger partial charge in [0, 0.05) is 25.6 Å². The molecule has 1 aliphatic heterocycles. The van der Waals surface area contributed by atoms with Crippen LogP contribution in [0.3, 0.4) is 0 Å². The van der Waals surface area contributed by atoms with Gasteiger partial charge in [0.15, 0.2) is 0 Å². The molecule has 1 heterocycles. The van der Waals surface area contributed by atoms with Crippen molar-refractivity contribution in [2.75, 3.05) is 0 Å². The van der Waals surface area contributed by atoms with Crippen LogP contribution < -0.4 is 4.74 Å². The normalized spacial score (nSPS) is 15.0. The Balaban J connectivity index is 1.51. The molecule has 3 aromatic carbocycles. The van der Waals surface area contributed by atoms with Crippen molar-refractivity contribution in [1.29, 1.82) is 0 Å². The number of nitrogens with zero attached hydrogens (tertiary/aromatic N) is 1. The number of para-hydroxylation sites is 1. The molecule has 4 nitrogen and oxygen atoms in total. The van der Waals surface area contributed by atoms with E-state index in [1.54, 1.807) is 24.3 Å². The van der Waals surface area contributed by atoms with Gasteiger partial charge in [-0.25, -0.2) is 0 Å². The van der Waals surface area contributed by atoms with Gasteiger partial charge in [-0.3, -0.25) is 14.5 Å². The van der Waals surface area contributed by atoms with Crippen LogP contribution in [0.15, 0.2) is 76.1 Å². The predicted molar refractivity (Wildman–Crippen MR) is 133 cm³/mol. The Labute approximate surface area is 208 Å². The Hall–Kier alpha value is -2.25. The molecular weight excluding hydrogens is 533 g/mol. The van der Waals surface area contributed by atoms with Gasteiger partial charge in [-0.2, -0.15) is 0 Å². The maximum Gasteiger partial charge on any atom is 0.293 e. The zero-order chi connectivity index (χ0) is 22.7. The number of carbonyl (C=O) groups is 2. The van der Waals surface area contributed by atoms with Gasteiger partial charge < -0.3 is 4.74 Å². The van der Waals surface area contributed by atoms with E-state index in [2.05, 4.69) is 15.9 Å². The van der Waals surface area contributed by atoms with Gasteiger partial charge in [-0.05, 0) is 53.7 Å². The molecule has 0 aromatic heterocycles. The number of carbonyl (C=O) groups excluding carboxylic acids is 2. The molecule has 3 aromatic rings. The van der Waals surface area contributed by atoms with Crippen molar-refractivity contribution < 1.29 is 14.3 Å². The van der Waals surface area contributed by atoms with Crippen LogP contribution in [0.25, 0.3) is 6.08 Å². The predicted octanol–water partition coefficient (Wildman–Crippen LogP) is 7.57. The largest absolute Gasteiger partial charge is 0.488 e. The van der Waals surface area contributed by atoms with Crippen molar-refractivity contribution in [3.63, 3.8) is 0 Å². The molecule has 1 saturated heterocycles. The topological polar surface area (TPSA) is 46.6 Å². The lowest BCUT2D eigenvalue weighted by molar-refractivity contribution is -0.123. The lowest BCUT2D eigenvalue weighted by Gasteiger charge is -2.12. The van der Waals surface area contributed by atoms with Gasteiger partial charge in [0.1, 0.15) is 12.4 Å². The second kappa shape index (κ2) is 10.1. The zero-order valence-corrected chi connectivity index (χ0v) is 20.5. The van der Waals surface area contributed by atoms with Crippen LogP contribution in [0.5, 0.6) is 5.75 Å². The maximum absolute atomic E-state index is 12.9. The Kier molecular flexibility index (Phi) is 7.26. The average Bonchev–Trinajstić information content (AvgIpc) is 3.03. The molecule has 1 fully saturated rings. The first-order valence-electron chi connectivity index (χ1n) is 9.56. The van der Waals surface area contributed by atoms with Crippen LogP contribution in [0.4, 0.5) is 4.79 Å². The lowest BCUT2D eigenvalue weighted by Crippen LogP contribution is -2.27. The highest BCUT2D eigenvalue weighted by Gasteiger charge is 2.35. The van der Waals surface area contributed by atoms with E-state index in [0.717, 1.165) is 27.4 Å². The molecule has 0 unspecified atom stereocenters. The SMILES string of the molecule is O=C1S/C(=C\c2ccccc2OCc2ccc(Cl)cc2Cl)C(=O)N1Cc1ccc(Br)cc1. The molecule has 32 heavy (non-hydrogen) atoms. The number of hydrogen-bond donors (Lipinski definition) is 0. The van der Waals surface area contributed by atoms with E-state index in [0.29, 0.717) is 26.3 Å². The molecule has 0 radical (unpaired) electrons. The average molecular weight is 549 g/mol. The first kappa shape index (κ1) is 22.9. The second-order valence-electron chi connectivity index (χ2n) is 6.96. The van der Waals surface area contributed by atoms with Gasteiger partial charge >= 0.3 is 0 Å². The Bertz CT molecular complexity index is 1210. The van der Waals surface area contributed by atoms with Crippen LogP contribution in [0.1, 0.15) is 16.7 Å². The molecule has 2 amide bonds. The Morgan fingerprint density at radius 1 is 1.00 bits per heavy atom. The summed E-state index contributed by atoms with van der Waals surface area (Å²) in [5, 5.41) is 0.776. The van der Waals surface area contributed by atoms with E-state index in [9.17, 15) is 9.59 Å². The first-order chi connectivity index (χ1) is 15.4. The number of amides is 2. The van der Waals surface area contributed by atoms with Gasteiger partial charge in [0.25, 0.3) is 11.1 Å². The van der Waals surface area contributed by atoms with Crippen LogP contribution in [-0.4, -0.2) is 16.0 Å². The van der Waals surface area contributed by atoms with E-state index in [1.807, 2.05) is 48.5 Å².